The Morgan fingerprint density at radius 1 is 0.424 bits per heavy atom. The molecule has 278 valence electrons. The first-order chi connectivity index (χ1) is 29.1. The molecule has 1 heterocycles. The van der Waals surface area contributed by atoms with Gasteiger partial charge in [0.2, 0.25) is 0 Å². The number of hydrogen-bond acceptors (Lipinski definition) is 7. The predicted molar refractivity (Wildman–Crippen MR) is 237 cm³/mol. The van der Waals surface area contributed by atoms with Gasteiger partial charge in [0.05, 0.1) is 17.3 Å². The molecule has 0 unspecified atom stereocenters. The van der Waals surface area contributed by atoms with E-state index in [4.69, 9.17) is 20.4 Å². The largest absolute Gasteiger partial charge is 0.410 e. The second-order valence-corrected chi connectivity index (χ2v) is 14.0. The normalized spacial score (nSPS) is 13.1. The molecular weight excluding hydrogens is 725 g/mol. The van der Waals surface area contributed by atoms with Crippen molar-refractivity contribution in [1.82, 2.24) is 15.0 Å². The average molecular weight is 759 g/mol. The highest BCUT2D eigenvalue weighted by atomic mass is 16.4. The Bertz CT molecular complexity index is 3020. The van der Waals surface area contributed by atoms with Gasteiger partial charge in [0.15, 0.2) is 17.5 Å². The molecule has 0 spiro atoms. The Balaban J connectivity index is 1.09. The summed E-state index contributed by atoms with van der Waals surface area (Å²) in [5, 5.41) is 32.0. The number of allylic oxidation sites excluding steroid dienone is 4. The fraction of sp³-hybridized carbons (Fsp3) is 0. The fourth-order valence-electron chi connectivity index (χ4n) is 7.44. The molecule has 59 heavy (non-hydrogen) atoms. The summed E-state index contributed by atoms with van der Waals surface area (Å²) in [6.45, 7) is 0. The third kappa shape index (κ3) is 7.26. The molecule has 0 saturated carbocycles. The van der Waals surface area contributed by atoms with Crippen molar-refractivity contribution < 1.29 is 5.21 Å². The summed E-state index contributed by atoms with van der Waals surface area (Å²) in [6, 6.07) is 62.0. The molecule has 2 N–H and O–H groups in total. The van der Waals surface area contributed by atoms with Crippen LogP contribution >= 0.6 is 0 Å². The van der Waals surface area contributed by atoms with Gasteiger partial charge in [-0.05, 0) is 62.7 Å². The Kier molecular flexibility index (Phi) is 9.86. The van der Waals surface area contributed by atoms with Crippen LogP contribution < -0.4 is 0 Å². The summed E-state index contributed by atoms with van der Waals surface area (Å²) < 4.78 is 0. The zero-order chi connectivity index (χ0) is 40.1. The van der Waals surface area contributed by atoms with Crippen LogP contribution in [0.3, 0.4) is 0 Å². The van der Waals surface area contributed by atoms with Crippen LogP contribution in [0.5, 0.6) is 0 Å². The molecule has 1 aliphatic carbocycles. The van der Waals surface area contributed by atoms with Crippen molar-refractivity contribution in [3.05, 3.63) is 211 Å². The number of nitrogens with zero attached hydrogens (tertiary/aromatic N) is 5. The minimum Gasteiger partial charge on any atom is -0.410 e. The van der Waals surface area contributed by atoms with Crippen LogP contribution in [0, 0.1) is 16.7 Å². The molecule has 7 heteroatoms. The highest BCUT2D eigenvalue weighted by Gasteiger charge is 2.24. The average Bonchev–Trinajstić information content (AvgIpc) is 3.32. The van der Waals surface area contributed by atoms with Crippen molar-refractivity contribution >= 4 is 22.6 Å². The van der Waals surface area contributed by atoms with E-state index in [0.717, 1.165) is 61.2 Å². The highest BCUT2D eigenvalue weighted by Crippen LogP contribution is 2.37. The van der Waals surface area contributed by atoms with Gasteiger partial charge in [0.25, 0.3) is 0 Å². The van der Waals surface area contributed by atoms with E-state index in [2.05, 4.69) is 35.5 Å². The van der Waals surface area contributed by atoms with Gasteiger partial charge in [-0.3, -0.25) is 5.41 Å². The predicted octanol–water partition coefficient (Wildman–Crippen LogP) is 12.1. The Labute approximate surface area is 341 Å². The number of hydrogen-bond donors (Lipinski definition) is 2. The molecule has 9 rings (SSSR count). The Morgan fingerprint density at radius 3 is 1.49 bits per heavy atom. The molecule has 8 aromatic rings. The maximum atomic E-state index is 10.0. The van der Waals surface area contributed by atoms with Crippen molar-refractivity contribution in [1.29, 1.82) is 10.7 Å². The number of oxime groups is 1. The van der Waals surface area contributed by atoms with Crippen LogP contribution in [0.2, 0.25) is 0 Å². The molecule has 0 fully saturated rings. The smallest absolute Gasteiger partial charge is 0.164 e. The summed E-state index contributed by atoms with van der Waals surface area (Å²) >= 11 is 0. The first kappa shape index (κ1) is 36.3. The lowest BCUT2D eigenvalue weighted by Crippen LogP contribution is -2.19. The number of nitriles is 1. The highest BCUT2D eigenvalue weighted by molar-refractivity contribution is 6.69. The van der Waals surface area contributed by atoms with Gasteiger partial charge in [-0.15, -0.1) is 0 Å². The van der Waals surface area contributed by atoms with E-state index < -0.39 is 0 Å². The van der Waals surface area contributed by atoms with Crippen LogP contribution in [-0.4, -0.2) is 31.6 Å². The lowest BCUT2D eigenvalue weighted by Gasteiger charge is -2.18. The van der Waals surface area contributed by atoms with Gasteiger partial charge in [0, 0.05) is 27.8 Å². The van der Waals surface area contributed by atoms with Gasteiger partial charge in [-0.25, -0.2) is 15.0 Å². The first-order valence-electron chi connectivity index (χ1n) is 19.1. The Hall–Kier alpha value is -8.34. The van der Waals surface area contributed by atoms with Crippen LogP contribution in [0.4, 0.5) is 0 Å². The number of rotatable bonds is 8. The van der Waals surface area contributed by atoms with Gasteiger partial charge in [-0.1, -0.05) is 181 Å². The van der Waals surface area contributed by atoms with Crippen molar-refractivity contribution in [2.45, 2.75) is 0 Å². The molecule has 0 saturated heterocycles. The van der Waals surface area contributed by atoms with Crippen molar-refractivity contribution in [3.63, 3.8) is 0 Å². The quantitative estimate of drug-likeness (QED) is 0.0908. The lowest BCUT2D eigenvalue weighted by molar-refractivity contribution is 0.321. The summed E-state index contributed by atoms with van der Waals surface area (Å²) in [5.74, 6) is 1.62. The van der Waals surface area contributed by atoms with Gasteiger partial charge >= 0.3 is 0 Å². The fourth-order valence-corrected chi connectivity index (χ4v) is 7.44. The van der Waals surface area contributed by atoms with E-state index in [9.17, 15) is 10.5 Å². The second kappa shape index (κ2) is 16.0. The van der Waals surface area contributed by atoms with E-state index in [0.29, 0.717) is 34.2 Å². The second-order valence-electron chi connectivity index (χ2n) is 14.0. The molecule has 7 aromatic carbocycles. The monoisotopic (exact) mass is 758 g/mol. The summed E-state index contributed by atoms with van der Waals surface area (Å²) in [4.78, 5) is 15.3. The topological polar surface area (TPSA) is 119 Å². The third-order valence-corrected chi connectivity index (χ3v) is 10.4. The third-order valence-electron chi connectivity index (χ3n) is 10.4. The van der Waals surface area contributed by atoms with Crippen molar-refractivity contribution in [2.75, 3.05) is 0 Å². The molecule has 0 aliphatic heterocycles. The molecule has 0 atom stereocenters. The maximum Gasteiger partial charge on any atom is 0.164 e. The van der Waals surface area contributed by atoms with E-state index in [1.807, 2.05) is 164 Å². The molecule has 0 amide bonds. The molecule has 0 bridgehead atoms. The zero-order valence-electron chi connectivity index (χ0n) is 31.7. The molecule has 1 aromatic heterocycles. The molecule has 1 aliphatic rings. The van der Waals surface area contributed by atoms with Gasteiger partial charge in [-0.2, -0.15) is 5.26 Å². The van der Waals surface area contributed by atoms with Crippen LogP contribution in [0.25, 0.3) is 78.7 Å². The standard InChI is InChI=1S/C52H34N6O/c53-33-34-13-11-19-40(31-34)42-21-7-9-23-46(42)51-55-50(38-16-5-2-6-17-38)56-52(57-51)47-24-10-8-22-43(47)41-20-12-18-39(32-41)35-25-27-37(28-26-35)45-30-29-44(48(54)49(45)58-59)36-14-3-1-4-15-36/h1-32,54,59H/b54-48?,58-49-. The van der Waals surface area contributed by atoms with Crippen LogP contribution in [-0.2, 0) is 0 Å². The molecule has 7 nitrogen and oxygen atoms in total. The minimum absolute atomic E-state index is 0.169. The van der Waals surface area contributed by atoms with Crippen molar-refractivity contribution in [2.24, 2.45) is 5.16 Å². The maximum absolute atomic E-state index is 10.0. The number of nitrogens with one attached hydrogen (secondary N) is 1. The van der Waals surface area contributed by atoms with Gasteiger partial charge in [0.1, 0.15) is 5.71 Å². The first-order valence-corrected chi connectivity index (χ1v) is 19.1. The van der Waals surface area contributed by atoms with E-state index in [-0.39, 0.29) is 11.4 Å². The molecular formula is C52H34N6O. The number of aromatic nitrogens is 3. The molecule has 0 radical (unpaired) electrons. The number of benzene rings is 7. The lowest BCUT2D eigenvalue weighted by atomic mass is 9.86. The summed E-state index contributed by atoms with van der Waals surface area (Å²) in [6.07, 6.45) is 3.81. The van der Waals surface area contributed by atoms with Crippen molar-refractivity contribution in [3.8, 4) is 73.6 Å². The van der Waals surface area contributed by atoms with Crippen LogP contribution in [0.15, 0.2) is 199 Å². The minimum atomic E-state index is 0.169. The van der Waals surface area contributed by atoms with E-state index in [1.54, 1.807) is 6.07 Å². The SMILES string of the molecule is N#Cc1cccc(-c2ccccc2-c2nc(-c3ccccc3)nc(-c3ccccc3-c3cccc(-c4ccc(C5=CC=C(c6ccccc6)C(=N)/C5=N\O)cc4)c3)n2)c1. The summed E-state index contributed by atoms with van der Waals surface area (Å²) in [5.41, 5.74) is 12.5. The van der Waals surface area contributed by atoms with E-state index >= 15 is 0 Å². The zero-order valence-corrected chi connectivity index (χ0v) is 31.7. The van der Waals surface area contributed by atoms with E-state index in [1.165, 1.54) is 0 Å². The Morgan fingerprint density at radius 2 is 0.881 bits per heavy atom. The van der Waals surface area contributed by atoms with Gasteiger partial charge < -0.3 is 5.21 Å². The van der Waals surface area contributed by atoms with Crippen LogP contribution in [0.1, 0.15) is 16.7 Å². The summed E-state index contributed by atoms with van der Waals surface area (Å²) in [7, 11) is 0.